The fourth-order valence-corrected chi connectivity index (χ4v) is 5.31. The molecule has 9 heteroatoms. The summed E-state index contributed by atoms with van der Waals surface area (Å²) in [7, 11) is 1.68. The number of anilines is 2. The molecule has 0 bridgehead atoms. The Morgan fingerprint density at radius 2 is 1.74 bits per heavy atom. The van der Waals surface area contributed by atoms with Crippen LogP contribution in [-0.2, 0) is 16.1 Å². The fraction of sp³-hybridized carbons (Fsp3) is 0.560. The first-order valence-electron chi connectivity index (χ1n) is 12.1. The highest BCUT2D eigenvalue weighted by molar-refractivity contribution is 5.91. The molecule has 3 fully saturated rings. The van der Waals surface area contributed by atoms with E-state index in [2.05, 4.69) is 39.2 Å². The van der Waals surface area contributed by atoms with Crippen LogP contribution < -0.4 is 9.80 Å². The molecule has 182 valence electrons. The minimum absolute atomic E-state index is 0.0884. The number of benzene rings is 1. The maximum atomic E-state index is 12.9. The van der Waals surface area contributed by atoms with Crippen molar-refractivity contribution in [2.24, 2.45) is 5.41 Å². The summed E-state index contributed by atoms with van der Waals surface area (Å²) >= 11 is 0. The second-order valence-electron chi connectivity index (χ2n) is 9.90. The first-order chi connectivity index (χ1) is 16.4. The van der Waals surface area contributed by atoms with Crippen LogP contribution in [0.15, 0.2) is 36.7 Å². The zero-order chi connectivity index (χ0) is 23.7. The first-order valence-corrected chi connectivity index (χ1v) is 12.1. The van der Waals surface area contributed by atoms with Gasteiger partial charge in [-0.25, -0.2) is 4.79 Å². The van der Waals surface area contributed by atoms with Crippen molar-refractivity contribution < 1.29 is 14.3 Å². The molecule has 0 radical (unpaired) electrons. The predicted molar refractivity (Wildman–Crippen MR) is 130 cm³/mol. The lowest BCUT2D eigenvalue weighted by molar-refractivity contribution is -0.116. The van der Waals surface area contributed by atoms with Gasteiger partial charge in [0, 0.05) is 65.5 Å². The van der Waals surface area contributed by atoms with E-state index < -0.39 is 0 Å². The number of rotatable bonds is 4. The minimum atomic E-state index is -0.116. The molecule has 1 aromatic carbocycles. The highest BCUT2D eigenvalue weighted by atomic mass is 16.5. The summed E-state index contributed by atoms with van der Waals surface area (Å²) in [6.07, 6.45) is 5.23. The van der Waals surface area contributed by atoms with Gasteiger partial charge < -0.3 is 19.4 Å². The SMILES string of the molecule is CC(=O)N(C)c1cnn(C(=O)N2CCC3(CC2)CN(Cc2ccc(N4CCOCC4)cc2)C3)c1. The quantitative estimate of drug-likeness (QED) is 0.688. The second-order valence-corrected chi connectivity index (χ2v) is 9.90. The third-order valence-electron chi connectivity index (χ3n) is 7.56. The van der Waals surface area contributed by atoms with Crippen molar-refractivity contribution >= 4 is 23.3 Å². The van der Waals surface area contributed by atoms with E-state index in [0.717, 1.165) is 71.9 Å². The summed E-state index contributed by atoms with van der Waals surface area (Å²) in [4.78, 5) is 32.7. The zero-order valence-corrected chi connectivity index (χ0v) is 20.2. The molecule has 9 nitrogen and oxygen atoms in total. The highest BCUT2D eigenvalue weighted by Crippen LogP contribution is 2.41. The number of likely N-dealkylation sites (tertiary alicyclic amines) is 2. The summed E-state index contributed by atoms with van der Waals surface area (Å²) in [6, 6.07) is 8.84. The summed E-state index contributed by atoms with van der Waals surface area (Å²) in [6.45, 7) is 9.69. The maximum absolute atomic E-state index is 12.9. The molecule has 34 heavy (non-hydrogen) atoms. The molecule has 3 aliphatic heterocycles. The third-order valence-corrected chi connectivity index (χ3v) is 7.56. The number of nitrogens with zero attached hydrogens (tertiary/aromatic N) is 6. The third kappa shape index (κ3) is 4.67. The van der Waals surface area contributed by atoms with Gasteiger partial charge in [-0.2, -0.15) is 9.78 Å². The molecule has 1 aromatic heterocycles. The normalized spacial score (nSPS) is 20.3. The molecule has 2 aromatic rings. The van der Waals surface area contributed by atoms with Crippen molar-refractivity contribution in [3.8, 4) is 0 Å². The van der Waals surface area contributed by atoms with Crippen LogP contribution in [0.2, 0.25) is 0 Å². The number of amides is 2. The lowest BCUT2D eigenvalue weighted by Crippen LogP contribution is -2.60. The van der Waals surface area contributed by atoms with Gasteiger partial charge in [-0.3, -0.25) is 9.69 Å². The smallest absolute Gasteiger partial charge is 0.344 e. The standard InChI is InChI=1S/C25H34N6O3/c1-20(32)27(2)23-15-26-31(17-23)24(33)30-9-7-25(8-10-30)18-28(19-25)16-21-3-5-22(6-4-21)29-11-13-34-14-12-29/h3-6,15,17H,7-14,16,18-19H2,1-2H3. The van der Waals surface area contributed by atoms with Crippen molar-refractivity contribution in [1.82, 2.24) is 19.6 Å². The van der Waals surface area contributed by atoms with E-state index in [1.807, 2.05) is 4.90 Å². The summed E-state index contributed by atoms with van der Waals surface area (Å²) in [5.74, 6) is -0.0884. The van der Waals surface area contributed by atoms with Crippen LogP contribution in [0.1, 0.15) is 25.3 Å². The Kier molecular flexibility index (Phi) is 6.31. The molecule has 3 saturated heterocycles. The van der Waals surface area contributed by atoms with Gasteiger partial charge in [-0.05, 0) is 36.0 Å². The molecule has 0 atom stereocenters. The van der Waals surface area contributed by atoms with E-state index >= 15 is 0 Å². The molecule has 0 saturated carbocycles. The van der Waals surface area contributed by atoms with Gasteiger partial charge in [-0.15, -0.1) is 0 Å². The number of hydrogen-bond donors (Lipinski definition) is 0. The van der Waals surface area contributed by atoms with Crippen LogP contribution in [0, 0.1) is 5.41 Å². The van der Waals surface area contributed by atoms with Crippen molar-refractivity contribution in [3.05, 3.63) is 42.2 Å². The molecule has 0 aliphatic carbocycles. The predicted octanol–water partition coefficient (Wildman–Crippen LogP) is 2.27. The molecule has 0 unspecified atom stereocenters. The number of ether oxygens (including phenoxy) is 1. The van der Waals surface area contributed by atoms with Gasteiger partial charge in [0.05, 0.1) is 31.3 Å². The van der Waals surface area contributed by atoms with Crippen LogP contribution in [0.3, 0.4) is 0 Å². The minimum Gasteiger partial charge on any atom is -0.378 e. The maximum Gasteiger partial charge on any atom is 0.344 e. The molecule has 2 amide bonds. The molecule has 0 N–H and O–H groups in total. The highest BCUT2D eigenvalue weighted by Gasteiger charge is 2.45. The number of morpholine rings is 1. The Morgan fingerprint density at radius 3 is 2.38 bits per heavy atom. The molecule has 4 heterocycles. The summed E-state index contributed by atoms with van der Waals surface area (Å²) in [5.41, 5.74) is 3.59. The van der Waals surface area contributed by atoms with Gasteiger partial charge in [0.1, 0.15) is 0 Å². The Labute approximate surface area is 200 Å². The Balaban J connectivity index is 1.09. The van der Waals surface area contributed by atoms with Gasteiger partial charge >= 0.3 is 6.03 Å². The van der Waals surface area contributed by atoms with Gasteiger partial charge in [0.15, 0.2) is 0 Å². The van der Waals surface area contributed by atoms with E-state index in [1.165, 1.54) is 27.8 Å². The first kappa shape index (κ1) is 22.9. The largest absolute Gasteiger partial charge is 0.378 e. The lowest BCUT2D eigenvalue weighted by Gasteiger charge is -2.54. The molecule has 1 spiro atoms. The molecule has 5 rings (SSSR count). The molecular weight excluding hydrogens is 432 g/mol. The fourth-order valence-electron chi connectivity index (χ4n) is 5.31. The van der Waals surface area contributed by atoms with Crippen LogP contribution in [0.5, 0.6) is 0 Å². The topological polar surface area (TPSA) is 74.2 Å². The average molecular weight is 467 g/mol. The van der Waals surface area contributed by atoms with E-state index in [0.29, 0.717) is 11.1 Å². The average Bonchev–Trinajstić information content (AvgIpc) is 3.34. The van der Waals surface area contributed by atoms with E-state index in [1.54, 1.807) is 19.4 Å². The second kappa shape index (κ2) is 9.38. The van der Waals surface area contributed by atoms with Gasteiger partial charge in [0.2, 0.25) is 5.91 Å². The van der Waals surface area contributed by atoms with Gasteiger partial charge in [-0.1, -0.05) is 12.1 Å². The van der Waals surface area contributed by atoms with Gasteiger partial charge in [0.25, 0.3) is 0 Å². The van der Waals surface area contributed by atoms with E-state index in [9.17, 15) is 9.59 Å². The molecule has 3 aliphatic rings. The number of piperidine rings is 1. The number of hydrogen-bond acceptors (Lipinski definition) is 6. The van der Waals surface area contributed by atoms with E-state index in [-0.39, 0.29) is 11.9 Å². The van der Waals surface area contributed by atoms with Crippen LogP contribution >= 0.6 is 0 Å². The Morgan fingerprint density at radius 1 is 1.06 bits per heavy atom. The van der Waals surface area contributed by atoms with E-state index in [4.69, 9.17) is 4.74 Å². The number of carbonyl (C=O) groups excluding carboxylic acids is 2. The van der Waals surface area contributed by atoms with Crippen molar-refractivity contribution in [2.45, 2.75) is 26.3 Å². The zero-order valence-electron chi connectivity index (χ0n) is 20.2. The number of carbonyl (C=O) groups is 2. The van der Waals surface area contributed by atoms with Crippen LogP contribution in [0.4, 0.5) is 16.2 Å². The van der Waals surface area contributed by atoms with Crippen molar-refractivity contribution in [2.75, 3.05) is 69.3 Å². The lowest BCUT2D eigenvalue weighted by atomic mass is 9.72. The van der Waals surface area contributed by atoms with Crippen molar-refractivity contribution in [3.63, 3.8) is 0 Å². The summed E-state index contributed by atoms with van der Waals surface area (Å²) < 4.78 is 6.79. The van der Waals surface area contributed by atoms with Crippen LogP contribution in [-0.4, -0.2) is 91.0 Å². The Bertz CT molecular complexity index is 1010. The van der Waals surface area contributed by atoms with Crippen LogP contribution in [0.25, 0.3) is 0 Å². The summed E-state index contributed by atoms with van der Waals surface area (Å²) in [5, 5.41) is 4.17. The molecular formula is C25H34N6O3. The Hall–Kier alpha value is -2.91. The van der Waals surface area contributed by atoms with Crippen molar-refractivity contribution in [1.29, 1.82) is 0 Å². The monoisotopic (exact) mass is 466 g/mol. The number of aromatic nitrogens is 2.